The molecule has 0 bridgehead atoms. The van der Waals surface area contributed by atoms with Crippen LogP contribution in [0, 0.1) is 5.92 Å². The Balaban J connectivity index is 2.75. The first kappa shape index (κ1) is 13.9. The average molecular weight is 245 g/mol. The smallest absolute Gasteiger partial charge is 0.321 e. The van der Waals surface area contributed by atoms with Gasteiger partial charge in [0, 0.05) is 6.54 Å². The number of rotatable bonds is 2. The third-order valence-corrected chi connectivity index (χ3v) is 2.48. The Bertz CT molecular complexity index is 309. The number of nitrogens with one attached hydrogen (secondary N) is 1. The second kappa shape index (κ2) is 5.01. The number of aliphatic carboxylic acids is 1. The van der Waals surface area contributed by atoms with E-state index in [0.29, 0.717) is 0 Å². The van der Waals surface area contributed by atoms with Gasteiger partial charge in [-0.2, -0.15) is 0 Å². The molecule has 0 aliphatic carbocycles. The first-order chi connectivity index (χ1) is 7.70. The summed E-state index contributed by atoms with van der Waals surface area (Å²) in [5.41, 5.74) is -0.664. The fraction of sp³-hybridized carbons (Fsp3) is 0.818. The van der Waals surface area contributed by atoms with Gasteiger partial charge in [0.05, 0.1) is 12.0 Å². The number of aliphatic hydroxyl groups is 1. The van der Waals surface area contributed by atoms with Crippen LogP contribution in [0.25, 0.3) is 0 Å². The third-order valence-electron chi connectivity index (χ3n) is 2.48. The molecular weight excluding hydrogens is 226 g/mol. The van der Waals surface area contributed by atoms with Crippen molar-refractivity contribution >= 4 is 11.9 Å². The molecule has 0 saturated carbocycles. The van der Waals surface area contributed by atoms with Crippen LogP contribution in [0.5, 0.6) is 0 Å². The average Bonchev–Trinajstić information content (AvgIpc) is 2.14. The van der Waals surface area contributed by atoms with E-state index in [2.05, 4.69) is 5.32 Å². The van der Waals surface area contributed by atoms with E-state index in [1.54, 1.807) is 20.8 Å². The third kappa shape index (κ3) is 3.98. The van der Waals surface area contributed by atoms with Gasteiger partial charge < -0.3 is 20.3 Å². The zero-order chi connectivity index (χ0) is 13.2. The van der Waals surface area contributed by atoms with Crippen LogP contribution in [0.4, 0.5) is 0 Å². The largest absolute Gasteiger partial charge is 0.480 e. The molecule has 0 radical (unpaired) electrons. The van der Waals surface area contributed by atoms with E-state index in [9.17, 15) is 14.7 Å². The van der Waals surface area contributed by atoms with Gasteiger partial charge in [-0.15, -0.1) is 0 Å². The van der Waals surface area contributed by atoms with Crippen LogP contribution in [-0.2, 0) is 14.3 Å². The van der Waals surface area contributed by atoms with Crippen LogP contribution in [0.1, 0.15) is 27.2 Å². The van der Waals surface area contributed by atoms with E-state index in [0.717, 1.165) is 0 Å². The van der Waals surface area contributed by atoms with E-state index < -0.39 is 35.6 Å². The summed E-state index contributed by atoms with van der Waals surface area (Å²) in [7, 11) is 0. The van der Waals surface area contributed by atoms with Crippen molar-refractivity contribution in [1.82, 2.24) is 5.32 Å². The Morgan fingerprint density at radius 1 is 1.35 bits per heavy atom. The van der Waals surface area contributed by atoms with Gasteiger partial charge in [-0.1, -0.05) is 0 Å². The number of carbonyl (C=O) groups is 2. The van der Waals surface area contributed by atoms with Gasteiger partial charge >= 0.3 is 11.9 Å². The fourth-order valence-electron chi connectivity index (χ4n) is 1.79. The number of aliphatic hydroxyl groups excluding tert-OH is 1. The Morgan fingerprint density at radius 3 is 2.41 bits per heavy atom. The maximum atomic E-state index is 11.8. The number of β-amino-alcohol motifs (C(OH)–C–C–N with tert-alkyl or cyclic N) is 1. The molecule has 1 heterocycles. The molecule has 1 rings (SSSR count). The number of piperidine rings is 1. The van der Waals surface area contributed by atoms with Gasteiger partial charge in [-0.3, -0.25) is 9.59 Å². The SMILES string of the molecule is CC(C)(C)OC(=O)[C@H]1CC(O)CN[C@@H]1C(=O)O. The first-order valence-electron chi connectivity index (χ1n) is 5.58. The van der Waals surface area contributed by atoms with E-state index in [-0.39, 0.29) is 13.0 Å². The number of esters is 1. The Hall–Kier alpha value is -1.14. The second-order valence-electron chi connectivity index (χ2n) is 5.25. The first-order valence-corrected chi connectivity index (χ1v) is 5.58. The van der Waals surface area contributed by atoms with Crippen molar-refractivity contribution < 1.29 is 24.5 Å². The lowest BCUT2D eigenvalue weighted by Gasteiger charge is -2.33. The summed E-state index contributed by atoms with van der Waals surface area (Å²) in [6.07, 6.45) is -0.609. The van der Waals surface area contributed by atoms with E-state index in [1.165, 1.54) is 0 Å². The molecule has 1 unspecified atom stereocenters. The lowest BCUT2D eigenvalue weighted by Crippen LogP contribution is -2.55. The molecule has 1 saturated heterocycles. The highest BCUT2D eigenvalue weighted by Gasteiger charge is 2.40. The summed E-state index contributed by atoms with van der Waals surface area (Å²) < 4.78 is 5.15. The molecule has 3 atom stereocenters. The normalized spacial score (nSPS) is 29.8. The predicted octanol–water partition coefficient (Wildman–Crippen LogP) is -0.248. The minimum atomic E-state index is -1.10. The van der Waals surface area contributed by atoms with Crippen molar-refractivity contribution in [3.05, 3.63) is 0 Å². The Kier molecular flexibility index (Phi) is 4.11. The molecule has 0 aromatic carbocycles. The van der Waals surface area contributed by atoms with E-state index in [4.69, 9.17) is 9.84 Å². The summed E-state index contributed by atoms with van der Waals surface area (Å²) >= 11 is 0. The molecular formula is C11H19NO5. The minimum absolute atomic E-state index is 0.110. The number of ether oxygens (including phenoxy) is 1. The Morgan fingerprint density at radius 2 is 1.94 bits per heavy atom. The van der Waals surface area contributed by atoms with Gasteiger partial charge in [0.15, 0.2) is 0 Å². The highest BCUT2D eigenvalue weighted by molar-refractivity contribution is 5.84. The van der Waals surface area contributed by atoms with Crippen molar-refractivity contribution in [1.29, 1.82) is 0 Å². The zero-order valence-corrected chi connectivity index (χ0v) is 10.3. The number of carbonyl (C=O) groups excluding carboxylic acids is 1. The monoisotopic (exact) mass is 245 g/mol. The molecule has 1 fully saturated rings. The molecule has 1 aliphatic rings. The lowest BCUT2D eigenvalue weighted by molar-refractivity contribution is -0.167. The van der Waals surface area contributed by atoms with Crippen molar-refractivity contribution in [2.45, 2.75) is 44.9 Å². The maximum Gasteiger partial charge on any atom is 0.321 e. The Labute approximate surface area is 100.0 Å². The van der Waals surface area contributed by atoms with Gasteiger partial charge in [-0.05, 0) is 27.2 Å². The number of hydrogen-bond donors (Lipinski definition) is 3. The van der Waals surface area contributed by atoms with Crippen molar-refractivity contribution in [3.63, 3.8) is 0 Å². The maximum absolute atomic E-state index is 11.8. The molecule has 6 heteroatoms. The summed E-state index contributed by atoms with van der Waals surface area (Å²) in [6, 6.07) is -0.992. The molecule has 6 nitrogen and oxygen atoms in total. The highest BCUT2D eigenvalue weighted by Crippen LogP contribution is 2.21. The quantitative estimate of drug-likeness (QED) is 0.581. The molecule has 17 heavy (non-hydrogen) atoms. The summed E-state index contributed by atoms with van der Waals surface area (Å²) in [5.74, 6) is -2.54. The molecule has 1 aliphatic heterocycles. The minimum Gasteiger partial charge on any atom is -0.480 e. The summed E-state index contributed by atoms with van der Waals surface area (Å²) in [4.78, 5) is 22.8. The van der Waals surface area contributed by atoms with E-state index >= 15 is 0 Å². The van der Waals surface area contributed by atoms with Gasteiger partial charge in [0.25, 0.3) is 0 Å². The van der Waals surface area contributed by atoms with Crippen LogP contribution >= 0.6 is 0 Å². The fourth-order valence-corrected chi connectivity index (χ4v) is 1.79. The van der Waals surface area contributed by atoms with Crippen molar-refractivity contribution in [3.8, 4) is 0 Å². The number of carboxylic acid groups (broad SMARTS) is 1. The predicted molar refractivity (Wildman–Crippen MR) is 59.4 cm³/mol. The molecule has 98 valence electrons. The molecule has 0 aromatic rings. The van der Waals surface area contributed by atoms with Gasteiger partial charge in [0.1, 0.15) is 11.6 Å². The molecule has 0 spiro atoms. The standard InChI is InChI=1S/C11H19NO5/c1-11(2,3)17-10(16)7-4-6(13)5-12-8(7)9(14)15/h6-8,12-13H,4-5H2,1-3H3,(H,14,15)/t6?,7-,8-/m0/s1. The van der Waals surface area contributed by atoms with Gasteiger partial charge in [0.2, 0.25) is 0 Å². The second-order valence-corrected chi connectivity index (χ2v) is 5.25. The van der Waals surface area contributed by atoms with Crippen molar-refractivity contribution in [2.24, 2.45) is 5.92 Å². The van der Waals surface area contributed by atoms with E-state index in [1.807, 2.05) is 0 Å². The van der Waals surface area contributed by atoms with Crippen LogP contribution in [0.2, 0.25) is 0 Å². The summed E-state index contributed by atoms with van der Waals surface area (Å²) in [5, 5.41) is 21.1. The van der Waals surface area contributed by atoms with Crippen LogP contribution < -0.4 is 5.32 Å². The lowest BCUT2D eigenvalue weighted by atomic mass is 9.89. The van der Waals surface area contributed by atoms with Crippen LogP contribution in [0.15, 0.2) is 0 Å². The summed E-state index contributed by atoms with van der Waals surface area (Å²) in [6.45, 7) is 5.32. The molecule has 0 amide bonds. The van der Waals surface area contributed by atoms with Crippen molar-refractivity contribution in [2.75, 3.05) is 6.54 Å². The van der Waals surface area contributed by atoms with Gasteiger partial charge in [-0.25, -0.2) is 0 Å². The topological polar surface area (TPSA) is 95.9 Å². The zero-order valence-electron chi connectivity index (χ0n) is 10.3. The molecule has 3 N–H and O–H groups in total. The van der Waals surface area contributed by atoms with Crippen LogP contribution in [-0.4, -0.2) is 46.4 Å². The molecule has 0 aromatic heterocycles. The number of carboxylic acids is 1. The van der Waals surface area contributed by atoms with Crippen LogP contribution in [0.3, 0.4) is 0 Å². The highest BCUT2D eigenvalue weighted by atomic mass is 16.6. The number of hydrogen-bond acceptors (Lipinski definition) is 5.